The molecule has 0 atom stereocenters. The predicted molar refractivity (Wildman–Crippen MR) is 69.8 cm³/mol. The topological polar surface area (TPSA) is 41.1 Å². The molecule has 2 N–H and O–H groups in total. The fraction of sp³-hybridized carbons (Fsp3) is 0.0714. The van der Waals surface area contributed by atoms with E-state index in [1.807, 2.05) is 0 Å². The lowest BCUT2D eigenvalue weighted by atomic mass is 10.2. The van der Waals surface area contributed by atoms with E-state index in [9.17, 15) is 22.4 Å². The molecule has 0 aliphatic carbocycles. The number of benzene rings is 2. The second-order valence-corrected chi connectivity index (χ2v) is 4.13. The van der Waals surface area contributed by atoms with Gasteiger partial charge in [-0.25, -0.2) is 17.6 Å². The Morgan fingerprint density at radius 2 is 1.57 bits per heavy atom. The highest BCUT2D eigenvalue weighted by Gasteiger charge is 2.13. The Morgan fingerprint density at radius 3 is 2.24 bits per heavy atom. The number of hydrogen-bond donors (Lipinski definition) is 2. The van der Waals surface area contributed by atoms with Crippen molar-refractivity contribution in [3.63, 3.8) is 0 Å². The van der Waals surface area contributed by atoms with Gasteiger partial charge in [-0.05, 0) is 36.4 Å². The molecular formula is C14H10F4N2O. The van der Waals surface area contributed by atoms with E-state index < -0.39 is 29.2 Å². The van der Waals surface area contributed by atoms with Crippen molar-refractivity contribution in [1.82, 2.24) is 0 Å². The Labute approximate surface area is 117 Å². The molecule has 0 saturated carbocycles. The van der Waals surface area contributed by atoms with Crippen molar-refractivity contribution in [2.24, 2.45) is 0 Å². The molecule has 2 aromatic rings. The number of anilines is 2. The van der Waals surface area contributed by atoms with Crippen molar-refractivity contribution in [3.8, 4) is 0 Å². The number of carbonyl (C=O) groups is 1. The molecule has 0 fully saturated rings. The number of nitrogens with one attached hydrogen (secondary N) is 2. The van der Waals surface area contributed by atoms with Crippen LogP contribution in [0.4, 0.5) is 28.9 Å². The average Bonchev–Trinajstić information content (AvgIpc) is 2.46. The maximum Gasteiger partial charge on any atom is 0.243 e. The SMILES string of the molecule is O=C(CNc1ccc(F)c(F)c1F)Nc1ccc(F)cc1. The van der Waals surface area contributed by atoms with Crippen LogP contribution >= 0.6 is 0 Å². The molecule has 0 saturated heterocycles. The summed E-state index contributed by atoms with van der Waals surface area (Å²) in [4.78, 5) is 11.6. The van der Waals surface area contributed by atoms with Crippen LogP contribution in [0.15, 0.2) is 36.4 Å². The zero-order chi connectivity index (χ0) is 15.4. The lowest BCUT2D eigenvalue weighted by Crippen LogP contribution is -2.22. The van der Waals surface area contributed by atoms with E-state index in [1.54, 1.807) is 0 Å². The van der Waals surface area contributed by atoms with Gasteiger partial charge in [-0.2, -0.15) is 0 Å². The fourth-order valence-electron chi connectivity index (χ4n) is 1.58. The van der Waals surface area contributed by atoms with Crippen LogP contribution in [-0.4, -0.2) is 12.5 Å². The van der Waals surface area contributed by atoms with Gasteiger partial charge in [-0.1, -0.05) is 0 Å². The number of halogens is 4. The second-order valence-electron chi connectivity index (χ2n) is 4.13. The molecule has 110 valence electrons. The molecular weight excluding hydrogens is 288 g/mol. The lowest BCUT2D eigenvalue weighted by Gasteiger charge is -2.09. The van der Waals surface area contributed by atoms with Gasteiger partial charge in [0, 0.05) is 5.69 Å². The summed E-state index contributed by atoms with van der Waals surface area (Å²) in [5.41, 5.74) is 0.0251. The third-order valence-corrected chi connectivity index (χ3v) is 2.60. The van der Waals surface area contributed by atoms with Crippen LogP contribution in [0, 0.1) is 23.3 Å². The monoisotopic (exact) mass is 298 g/mol. The average molecular weight is 298 g/mol. The van der Waals surface area contributed by atoms with Gasteiger partial charge in [0.25, 0.3) is 0 Å². The van der Waals surface area contributed by atoms with Crippen molar-refractivity contribution in [2.75, 3.05) is 17.2 Å². The van der Waals surface area contributed by atoms with E-state index >= 15 is 0 Å². The molecule has 0 radical (unpaired) electrons. The van der Waals surface area contributed by atoms with Crippen LogP contribution in [-0.2, 0) is 4.79 Å². The minimum absolute atomic E-state index is 0.330. The molecule has 0 bridgehead atoms. The van der Waals surface area contributed by atoms with Gasteiger partial charge >= 0.3 is 0 Å². The summed E-state index contributed by atoms with van der Waals surface area (Å²) in [6.45, 7) is -0.362. The molecule has 2 rings (SSSR count). The molecule has 2 aromatic carbocycles. The van der Waals surface area contributed by atoms with Gasteiger partial charge in [0.05, 0.1) is 12.2 Å². The third-order valence-electron chi connectivity index (χ3n) is 2.60. The van der Waals surface area contributed by atoms with E-state index in [2.05, 4.69) is 10.6 Å². The third kappa shape index (κ3) is 3.71. The Bertz CT molecular complexity index is 659. The van der Waals surface area contributed by atoms with Crippen molar-refractivity contribution in [1.29, 1.82) is 0 Å². The highest BCUT2D eigenvalue weighted by molar-refractivity contribution is 5.93. The largest absolute Gasteiger partial charge is 0.374 e. The molecule has 0 aliphatic heterocycles. The Hall–Kier alpha value is -2.57. The standard InChI is InChI=1S/C14H10F4N2O/c15-8-1-3-9(4-2-8)20-12(21)7-19-11-6-5-10(16)13(17)14(11)18/h1-6,19H,7H2,(H,20,21). The first-order valence-electron chi connectivity index (χ1n) is 5.90. The minimum atomic E-state index is -1.61. The summed E-state index contributed by atoms with van der Waals surface area (Å²) in [6.07, 6.45) is 0. The molecule has 0 unspecified atom stereocenters. The number of carbonyl (C=O) groups excluding carboxylic acids is 1. The first-order valence-corrected chi connectivity index (χ1v) is 5.90. The van der Waals surface area contributed by atoms with Crippen LogP contribution in [0.2, 0.25) is 0 Å². The summed E-state index contributed by atoms with van der Waals surface area (Å²) in [6, 6.07) is 6.77. The van der Waals surface area contributed by atoms with Crippen LogP contribution in [0.1, 0.15) is 0 Å². The summed E-state index contributed by atoms with van der Waals surface area (Å²) in [7, 11) is 0. The van der Waals surface area contributed by atoms with Crippen molar-refractivity contribution in [3.05, 3.63) is 59.7 Å². The normalized spacial score (nSPS) is 10.3. The molecule has 3 nitrogen and oxygen atoms in total. The number of hydrogen-bond acceptors (Lipinski definition) is 2. The van der Waals surface area contributed by atoms with Gasteiger partial charge in [-0.15, -0.1) is 0 Å². The second kappa shape index (κ2) is 6.25. The molecule has 0 aromatic heterocycles. The molecule has 7 heteroatoms. The number of rotatable bonds is 4. The Kier molecular flexibility index (Phi) is 4.42. The van der Waals surface area contributed by atoms with Crippen LogP contribution in [0.5, 0.6) is 0 Å². The smallest absolute Gasteiger partial charge is 0.243 e. The van der Waals surface area contributed by atoms with Gasteiger partial charge in [0.2, 0.25) is 5.91 Å². The Balaban J connectivity index is 1.95. The first-order chi connectivity index (χ1) is 9.97. The van der Waals surface area contributed by atoms with Gasteiger partial charge in [-0.3, -0.25) is 4.79 Å². The highest BCUT2D eigenvalue weighted by atomic mass is 19.2. The predicted octanol–water partition coefficient (Wildman–Crippen LogP) is 3.29. The summed E-state index contributed by atoms with van der Waals surface area (Å²) >= 11 is 0. The van der Waals surface area contributed by atoms with E-state index in [4.69, 9.17) is 0 Å². The summed E-state index contributed by atoms with van der Waals surface area (Å²) < 4.78 is 51.7. The minimum Gasteiger partial charge on any atom is -0.374 e. The van der Waals surface area contributed by atoms with Crippen LogP contribution in [0.3, 0.4) is 0 Å². The molecule has 1 amide bonds. The van der Waals surface area contributed by atoms with E-state index in [0.717, 1.165) is 24.3 Å². The highest BCUT2D eigenvalue weighted by Crippen LogP contribution is 2.19. The summed E-state index contributed by atoms with van der Waals surface area (Å²) in [5, 5.41) is 4.77. The molecule has 21 heavy (non-hydrogen) atoms. The van der Waals surface area contributed by atoms with Gasteiger partial charge in [0.1, 0.15) is 5.82 Å². The van der Waals surface area contributed by atoms with E-state index in [0.29, 0.717) is 5.69 Å². The van der Waals surface area contributed by atoms with E-state index in [-0.39, 0.29) is 12.2 Å². The first kappa shape index (κ1) is 14.8. The van der Waals surface area contributed by atoms with Gasteiger partial charge < -0.3 is 10.6 Å². The fourth-order valence-corrected chi connectivity index (χ4v) is 1.58. The zero-order valence-electron chi connectivity index (χ0n) is 10.6. The van der Waals surface area contributed by atoms with Crippen molar-refractivity contribution in [2.45, 2.75) is 0 Å². The van der Waals surface area contributed by atoms with Crippen molar-refractivity contribution < 1.29 is 22.4 Å². The lowest BCUT2D eigenvalue weighted by molar-refractivity contribution is -0.114. The molecule has 0 heterocycles. The van der Waals surface area contributed by atoms with Crippen LogP contribution in [0.25, 0.3) is 0 Å². The Morgan fingerprint density at radius 1 is 0.905 bits per heavy atom. The maximum atomic E-state index is 13.3. The zero-order valence-corrected chi connectivity index (χ0v) is 10.6. The van der Waals surface area contributed by atoms with E-state index in [1.165, 1.54) is 12.1 Å². The molecule has 0 aliphatic rings. The maximum absolute atomic E-state index is 13.3. The summed E-state index contributed by atoms with van der Waals surface area (Å²) in [5.74, 6) is -5.32. The van der Waals surface area contributed by atoms with Crippen LogP contribution < -0.4 is 10.6 Å². The number of amides is 1. The molecule has 0 spiro atoms. The van der Waals surface area contributed by atoms with Gasteiger partial charge in [0.15, 0.2) is 17.5 Å². The quantitative estimate of drug-likeness (QED) is 0.672. The van der Waals surface area contributed by atoms with Crippen molar-refractivity contribution >= 4 is 17.3 Å².